The van der Waals surface area contributed by atoms with Crippen molar-refractivity contribution >= 4 is 37.2 Å². The van der Waals surface area contributed by atoms with E-state index in [4.69, 9.17) is 20.4 Å². The summed E-state index contributed by atoms with van der Waals surface area (Å²) in [7, 11) is 0. The molecule has 0 radical (unpaired) electrons. The van der Waals surface area contributed by atoms with Crippen LogP contribution < -0.4 is 0 Å². The average molecular weight is 288 g/mol. The molecule has 0 aromatic rings. The second-order valence-corrected chi connectivity index (χ2v) is 3.43. The second-order valence-electron chi connectivity index (χ2n) is 2.54. The van der Waals surface area contributed by atoms with Gasteiger partial charge in [0.05, 0.1) is 12.8 Å². The molecule has 17 heavy (non-hydrogen) atoms. The Labute approximate surface area is 111 Å². The molecule has 0 aliphatic carbocycles. The van der Waals surface area contributed by atoms with Gasteiger partial charge in [-0.2, -0.15) is 25.3 Å². The smallest absolute Gasteiger partial charge is 0.304 e. The highest BCUT2D eigenvalue weighted by atomic mass is 32.1. The van der Waals surface area contributed by atoms with Crippen LogP contribution in [0.4, 0.5) is 0 Å². The number of carboxylic acids is 2. The normalized spacial score (nSPS) is 8.24. The van der Waals surface area contributed by atoms with E-state index in [-0.39, 0.29) is 26.1 Å². The summed E-state index contributed by atoms with van der Waals surface area (Å²) in [5.41, 5.74) is 0. The first-order valence-corrected chi connectivity index (χ1v) is 6.09. The maximum Gasteiger partial charge on any atom is 0.304 e. The molecule has 0 spiro atoms. The van der Waals surface area contributed by atoms with Gasteiger partial charge >= 0.3 is 11.9 Å². The van der Waals surface area contributed by atoms with Crippen LogP contribution in [0.1, 0.15) is 19.3 Å². The van der Waals surface area contributed by atoms with E-state index in [0.717, 1.165) is 0 Å². The van der Waals surface area contributed by atoms with E-state index < -0.39 is 11.9 Å². The molecule has 0 unspecified atom stereocenters. The second kappa shape index (κ2) is 20.9. The van der Waals surface area contributed by atoms with E-state index in [2.05, 4.69) is 25.3 Å². The highest BCUT2D eigenvalue weighted by Crippen LogP contribution is 1.80. The number of carboxylic acid groups (broad SMARTS) is 2. The molecule has 0 amide bonds. The summed E-state index contributed by atoms with van der Waals surface area (Å²) < 4.78 is 0. The summed E-state index contributed by atoms with van der Waals surface area (Å²) in [4.78, 5) is 19.1. The van der Waals surface area contributed by atoms with Gasteiger partial charge in [-0.05, 0) is 6.42 Å². The predicted octanol–water partition coefficient (Wildman–Crippen LogP) is 0.143. The summed E-state index contributed by atoms with van der Waals surface area (Å²) in [5, 5.41) is 31.5. The van der Waals surface area contributed by atoms with Crippen LogP contribution in [-0.2, 0) is 9.59 Å². The number of aliphatic hydroxyl groups is 2. The quantitative estimate of drug-likeness (QED) is 0.388. The fourth-order valence-corrected chi connectivity index (χ4v) is 0.645. The van der Waals surface area contributed by atoms with Crippen LogP contribution in [0.25, 0.3) is 0 Å². The lowest BCUT2D eigenvalue weighted by atomic mass is 10.5. The van der Waals surface area contributed by atoms with E-state index in [1.54, 1.807) is 0 Å². The molecule has 0 saturated heterocycles. The number of hydrogen-bond acceptors (Lipinski definition) is 6. The maximum atomic E-state index is 9.55. The lowest BCUT2D eigenvalue weighted by Gasteiger charge is -1.79. The van der Waals surface area contributed by atoms with E-state index in [9.17, 15) is 9.59 Å². The number of hydrogen-bond donors (Lipinski definition) is 6. The standard InChI is InChI=1S/2C3H6O2S.C3H8O2/c2*4-3(5)1-2-6;4-2-1-3-5/h2*6H,1-2H2,(H,4,5);4-5H,1-3H2. The van der Waals surface area contributed by atoms with E-state index in [0.29, 0.717) is 17.9 Å². The van der Waals surface area contributed by atoms with Crippen molar-refractivity contribution in [1.82, 2.24) is 0 Å². The van der Waals surface area contributed by atoms with Gasteiger partial charge in [0.25, 0.3) is 0 Å². The Morgan fingerprint density at radius 2 is 1.12 bits per heavy atom. The zero-order valence-corrected chi connectivity index (χ0v) is 11.2. The van der Waals surface area contributed by atoms with E-state index in [1.807, 2.05) is 0 Å². The third-order valence-electron chi connectivity index (χ3n) is 0.968. The minimum absolute atomic E-state index is 0.0938. The van der Waals surface area contributed by atoms with Crippen LogP contribution in [0.3, 0.4) is 0 Å². The molecule has 0 aromatic heterocycles. The van der Waals surface area contributed by atoms with Crippen molar-refractivity contribution < 1.29 is 30.0 Å². The molecule has 104 valence electrons. The molecule has 0 aliphatic heterocycles. The zero-order valence-electron chi connectivity index (χ0n) is 9.45. The van der Waals surface area contributed by atoms with Crippen molar-refractivity contribution in [2.45, 2.75) is 19.3 Å². The van der Waals surface area contributed by atoms with Crippen molar-refractivity contribution in [3.63, 3.8) is 0 Å². The SMILES string of the molecule is O=C(O)CCS.O=C(O)CCS.OCCCO. The number of aliphatic hydroxyl groups excluding tert-OH is 2. The highest BCUT2D eigenvalue weighted by molar-refractivity contribution is 7.80. The molecule has 6 nitrogen and oxygen atoms in total. The molecular formula is C9H20O6S2. The zero-order chi connectivity index (χ0) is 14.1. The van der Waals surface area contributed by atoms with Gasteiger partial charge in [-0.15, -0.1) is 0 Å². The van der Waals surface area contributed by atoms with Crippen LogP contribution in [0, 0.1) is 0 Å². The third-order valence-corrected chi connectivity index (χ3v) is 1.41. The lowest BCUT2D eigenvalue weighted by molar-refractivity contribution is -0.137. The minimum atomic E-state index is -0.787. The maximum absolute atomic E-state index is 9.55. The lowest BCUT2D eigenvalue weighted by Crippen LogP contribution is -1.93. The molecule has 0 heterocycles. The predicted molar refractivity (Wildman–Crippen MR) is 71.0 cm³/mol. The number of thiol groups is 2. The Morgan fingerprint density at radius 3 is 1.12 bits per heavy atom. The summed E-state index contributed by atoms with van der Waals surface area (Å²) >= 11 is 7.36. The molecule has 0 rings (SSSR count). The van der Waals surface area contributed by atoms with E-state index >= 15 is 0 Å². The summed E-state index contributed by atoms with van der Waals surface area (Å²) in [5.74, 6) is -0.722. The van der Waals surface area contributed by atoms with Gasteiger partial charge in [-0.3, -0.25) is 9.59 Å². The summed E-state index contributed by atoms with van der Waals surface area (Å²) in [6, 6.07) is 0. The number of rotatable bonds is 6. The van der Waals surface area contributed by atoms with Gasteiger partial charge in [-0.25, -0.2) is 0 Å². The van der Waals surface area contributed by atoms with Crippen LogP contribution >= 0.6 is 25.3 Å². The number of carbonyl (C=O) groups is 2. The fourth-order valence-electron chi connectivity index (χ4n) is 0.262. The largest absolute Gasteiger partial charge is 0.481 e. The molecular weight excluding hydrogens is 268 g/mol. The van der Waals surface area contributed by atoms with Gasteiger partial charge < -0.3 is 20.4 Å². The van der Waals surface area contributed by atoms with Gasteiger partial charge in [0.1, 0.15) is 0 Å². The van der Waals surface area contributed by atoms with Gasteiger partial charge in [-0.1, -0.05) is 0 Å². The van der Waals surface area contributed by atoms with E-state index in [1.165, 1.54) is 0 Å². The van der Waals surface area contributed by atoms with Crippen LogP contribution in [0.2, 0.25) is 0 Å². The van der Waals surface area contributed by atoms with Gasteiger partial charge in [0, 0.05) is 24.7 Å². The van der Waals surface area contributed by atoms with Crippen molar-refractivity contribution in [3.8, 4) is 0 Å². The Balaban J connectivity index is -0.000000174. The first-order chi connectivity index (χ1) is 7.95. The summed E-state index contributed by atoms with van der Waals surface area (Å²) in [6.45, 7) is 0.188. The van der Waals surface area contributed by atoms with Gasteiger partial charge in [0.2, 0.25) is 0 Å². The minimum Gasteiger partial charge on any atom is -0.481 e. The van der Waals surface area contributed by atoms with Crippen molar-refractivity contribution in [2.24, 2.45) is 0 Å². The van der Waals surface area contributed by atoms with Crippen molar-refractivity contribution in [2.75, 3.05) is 24.7 Å². The molecule has 0 aromatic carbocycles. The molecule has 4 N–H and O–H groups in total. The number of aliphatic carboxylic acids is 2. The molecule has 0 atom stereocenters. The Hall–Kier alpha value is -0.440. The highest BCUT2D eigenvalue weighted by Gasteiger charge is 1.88. The molecule has 8 heteroatoms. The Morgan fingerprint density at radius 1 is 0.824 bits per heavy atom. The van der Waals surface area contributed by atoms with Crippen molar-refractivity contribution in [3.05, 3.63) is 0 Å². The molecule has 0 bridgehead atoms. The summed E-state index contributed by atoms with van der Waals surface area (Å²) in [6.07, 6.45) is 0.812. The first kappa shape index (κ1) is 21.8. The molecule has 0 saturated carbocycles. The average Bonchev–Trinajstić information content (AvgIpc) is 2.20. The third kappa shape index (κ3) is 50.1. The van der Waals surface area contributed by atoms with Gasteiger partial charge in [0.15, 0.2) is 0 Å². The first-order valence-electron chi connectivity index (χ1n) is 4.83. The van der Waals surface area contributed by atoms with Crippen LogP contribution in [-0.4, -0.2) is 57.1 Å². The van der Waals surface area contributed by atoms with Crippen molar-refractivity contribution in [1.29, 1.82) is 0 Å². The fraction of sp³-hybridized carbons (Fsp3) is 0.778. The Kier molecular flexibility index (Phi) is 26.8. The molecule has 0 aliphatic rings. The monoisotopic (exact) mass is 288 g/mol. The molecule has 0 fully saturated rings. The Bertz CT molecular complexity index is 159. The van der Waals surface area contributed by atoms with Crippen LogP contribution in [0.15, 0.2) is 0 Å². The topological polar surface area (TPSA) is 115 Å². The van der Waals surface area contributed by atoms with Crippen LogP contribution in [0.5, 0.6) is 0 Å².